The number of carbonyl (C=O) groups is 1. The van der Waals surface area contributed by atoms with Crippen molar-refractivity contribution < 1.29 is 9.18 Å². The maximum absolute atomic E-state index is 13.3. The Morgan fingerprint density at radius 1 is 1.25 bits per heavy atom. The molecule has 3 nitrogen and oxygen atoms in total. The molecule has 0 bridgehead atoms. The van der Waals surface area contributed by atoms with Gasteiger partial charge in [0.15, 0.2) is 0 Å². The van der Waals surface area contributed by atoms with Crippen molar-refractivity contribution in [3.05, 3.63) is 64.4 Å². The molecule has 0 aliphatic rings. The van der Waals surface area contributed by atoms with E-state index in [0.29, 0.717) is 5.69 Å². The average molecular weight is 293 g/mol. The van der Waals surface area contributed by atoms with Crippen molar-refractivity contribution in [2.75, 3.05) is 5.73 Å². The van der Waals surface area contributed by atoms with E-state index in [1.165, 1.54) is 18.2 Å². The monoisotopic (exact) mass is 292 g/mol. The first-order valence-electron chi connectivity index (χ1n) is 6.10. The van der Waals surface area contributed by atoms with Gasteiger partial charge < -0.3 is 11.1 Å². The van der Waals surface area contributed by atoms with Crippen LogP contribution < -0.4 is 11.1 Å². The molecule has 0 aliphatic heterocycles. The van der Waals surface area contributed by atoms with Gasteiger partial charge in [0.05, 0.1) is 16.6 Å². The van der Waals surface area contributed by atoms with Gasteiger partial charge in [-0.15, -0.1) is 0 Å². The maximum Gasteiger partial charge on any atom is 0.253 e. The van der Waals surface area contributed by atoms with Crippen LogP contribution in [0.3, 0.4) is 0 Å². The van der Waals surface area contributed by atoms with Gasteiger partial charge in [0, 0.05) is 5.69 Å². The average Bonchev–Trinajstić information content (AvgIpc) is 2.42. The van der Waals surface area contributed by atoms with Crippen molar-refractivity contribution >= 4 is 23.2 Å². The Morgan fingerprint density at radius 2 is 1.95 bits per heavy atom. The third-order valence-electron chi connectivity index (χ3n) is 3.01. The van der Waals surface area contributed by atoms with Crippen molar-refractivity contribution in [3.8, 4) is 0 Å². The van der Waals surface area contributed by atoms with E-state index in [2.05, 4.69) is 5.32 Å². The third kappa shape index (κ3) is 2.91. The number of hydrogen-bond acceptors (Lipinski definition) is 2. The lowest BCUT2D eigenvalue weighted by Gasteiger charge is -2.16. The standard InChI is InChI=1S/C15H14ClFN2O/c1-9(10-5-2-3-8-13(10)18)19-15(20)11-6-4-7-12(17)14(11)16/h2-9H,18H2,1H3,(H,19,20). The molecule has 2 aromatic carbocycles. The molecular formula is C15H14ClFN2O. The predicted molar refractivity (Wildman–Crippen MR) is 78.1 cm³/mol. The summed E-state index contributed by atoms with van der Waals surface area (Å²) in [6.45, 7) is 1.80. The Bertz CT molecular complexity index is 646. The molecule has 20 heavy (non-hydrogen) atoms. The molecule has 1 amide bonds. The second kappa shape index (κ2) is 5.92. The van der Waals surface area contributed by atoms with Gasteiger partial charge in [0.1, 0.15) is 5.82 Å². The Balaban J connectivity index is 2.20. The summed E-state index contributed by atoms with van der Waals surface area (Å²) >= 11 is 5.79. The van der Waals surface area contributed by atoms with Crippen molar-refractivity contribution in [2.24, 2.45) is 0 Å². The number of para-hydroxylation sites is 1. The molecule has 1 atom stereocenters. The molecule has 0 radical (unpaired) electrons. The van der Waals surface area contributed by atoms with Crippen LogP contribution in [0.1, 0.15) is 28.9 Å². The number of nitrogens with two attached hydrogens (primary N) is 1. The quantitative estimate of drug-likeness (QED) is 0.850. The number of nitrogen functional groups attached to an aromatic ring is 1. The van der Waals surface area contributed by atoms with Gasteiger partial charge >= 0.3 is 0 Å². The SMILES string of the molecule is CC(NC(=O)c1cccc(F)c1Cl)c1ccccc1N. The molecule has 5 heteroatoms. The Kier molecular flexibility index (Phi) is 4.25. The van der Waals surface area contributed by atoms with E-state index in [9.17, 15) is 9.18 Å². The molecule has 2 rings (SSSR count). The van der Waals surface area contributed by atoms with E-state index in [4.69, 9.17) is 17.3 Å². The summed E-state index contributed by atoms with van der Waals surface area (Å²) < 4.78 is 13.3. The number of amides is 1. The Labute approximate surface area is 121 Å². The number of nitrogens with one attached hydrogen (secondary N) is 1. The second-order valence-corrected chi connectivity index (χ2v) is 4.80. The molecule has 0 saturated carbocycles. The first-order chi connectivity index (χ1) is 9.50. The molecule has 3 N–H and O–H groups in total. The second-order valence-electron chi connectivity index (χ2n) is 4.43. The molecule has 1 unspecified atom stereocenters. The minimum atomic E-state index is -0.619. The first kappa shape index (κ1) is 14.3. The molecule has 0 saturated heterocycles. The van der Waals surface area contributed by atoms with E-state index in [-0.39, 0.29) is 16.6 Å². The van der Waals surface area contributed by atoms with Crippen molar-refractivity contribution in [3.63, 3.8) is 0 Å². The largest absolute Gasteiger partial charge is 0.398 e. The summed E-state index contributed by atoms with van der Waals surface area (Å²) in [4.78, 5) is 12.1. The van der Waals surface area contributed by atoms with Crippen molar-refractivity contribution in [2.45, 2.75) is 13.0 Å². The lowest BCUT2D eigenvalue weighted by Crippen LogP contribution is -2.27. The fourth-order valence-corrected chi connectivity index (χ4v) is 2.15. The number of halogens is 2. The minimum absolute atomic E-state index is 0.105. The normalized spacial score (nSPS) is 11.9. The summed E-state index contributed by atoms with van der Waals surface area (Å²) in [5, 5.41) is 2.57. The van der Waals surface area contributed by atoms with Crippen molar-refractivity contribution in [1.29, 1.82) is 0 Å². The fraction of sp³-hybridized carbons (Fsp3) is 0.133. The number of benzene rings is 2. The molecule has 2 aromatic rings. The van der Waals surface area contributed by atoms with E-state index in [0.717, 1.165) is 5.56 Å². The van der Waals surface area contributed by atoms with Gasteiger partial charge in [0.2, 0.25) is 0 Å². The van der Waals surface area contributed by atoms with Gasteiger partial charge in [0.25, 0.3) is 5.91 Å². The molecule has 104 valence electrons. The Hall–Kier alpha value is -2.07. The molecule has 0 aromatic heterocycles. The Morgan fingerprint density at radius 3 is 2.65 bits per heavy atom. The van der Waals surface area contributed by atoms with E-state index in [1.807, 2.05) is 18.2 Å². The predicted octanol–water partition coefficient (Wildman–Crippen LogP) is 3.55. The van der Waals surface area contributed by atoms with Crippen LogP contribution in [0.2, 0.25) is 5.02 Å². The number of carbonyl (C=O) groups excluding carboxylic acids is 1. The molecule has 0 aliphatic carbocycles. The maximum atomic E-state index is 13.3. The van der Waals surface area contributed by atoms with Crippen LogP contribution in [0.15, 0.2) is 42.5 Å². The third-order valence-corrected chi connectivity index (χ3v) is 3.39. The fourth-order valence-electron chi connectivity index (χ4n) is 1.94. The van der Waals surface area contributed by atoms with Gasteiger partial charge in [-0.25, -0.2) is 4.39 Å². The number of hydrogen-bond donors (Lipinski definition) is 2. The van der Waals surface area contributed by atoms with Gasteiger partial charge in [-0.05, 0) is 30.7 Å². The summed E-state index contributed by atoms with van der Waals surface area (Å²) in [6, 6.07) is 11.1. The van der Waals surface area contributed by atoms with Crippen LogP contribution in [-0.2, 0) is 0 Å². The zero-order valence-corrected chi connectivity index (χ0v) is 11.6. The highest BCUT2D eigenvalue weighted by Crippen LogP contribution is 2.23. The van der Waals surface area contributed by atoms with Crippen LogP contribution in [-0.4, -0.2) is 5.91 Å². The zero-order valence-electron chi connectivity index (χ0n) is 10.9. The summed E-state index contributed by atoms with van der Waals surface area (Å²) in [5.41, 5.74) is 7.35. The van der Waals surface area contributed by atoms with Crippen LogP contribution in [0, 0.1) is 5.82 Å². The van der Waals surface area contributed by atoms with E-state index < -0.39 is 11.7 Å². The number of anilines is 1. The minimum Gasteiger partial charge on any atom is -0.398 e. The molecular weight excluding hydrogens is 279 g/mol. The van der Waals surface area contributed by atoms with Crippen LogP contribution in [0.5, 0.6) is 0 Å². The highest BCUT2D eigenvalue weighted by atomic mass is 35.5. The van der Waals surface area contributed by atoms with Crippen LogP contribution in [0.4, 0.5) is 10.1 Å². The molecule has 0 fully saturated rings. The number of rotatable bonds is 3. The van der Waals surface area contributed by atoms with Gasteiger partial charge in [-0.1, -0.05) is 35.9 Å². The van der Waals surface area contributed by atoms with Crippen LogP contribution in [0.25, 0.3) is 0 Å². The highest BCUT2D eigenvalue weighted by Gasteiger charge is 2.17. The summed E-state index contributed by atoms with van der Waals surface area (Å²) in [5.74, 6) is -1.06. The smallest absolute Gasteiger partial charge is 0.253 e. The van der Waals surface area contributed by atoms with Gasteiger partial charge in [-0.2, -0.15) is 0 Å². The van der Waals surface area contributed by atoms with Crippen LogP contribution >= 0.6 is 11.6 Å². The first-order valence-corrected chi connectivity index (χ1v) is 6.47. The molecule has 0 spiro atoms. The summed E-state index contributed by atoms with van der Waals surface area (Å²) in [7, 11) is 0. The lowest BCUT2D eigenvalue weighted by atomic mass is 10.1. The van der Waals surface area contributed by atoms with Gasteiger partial charge in [-0.3, -0.25) is 4.79 Å². The highest BCUT2D eigenvalue weighted by molar-refractivity contribution is 6.34. The molecule has 0 heterocycles. The van der Waals surface area contributed by atoms with Crippen molar-refractivity contribution in [1.82, 2.24) is 5.32 Å². The zero-order chi connectivity index (χ0) is 14.7. The van der Waals surface area contributed by atoms with E-state index in [1.54, 1.807) is 13.0 Å². The van der Waals surface area contributed by atoms with E-state index >= 15 is 0 Å². The lowest BCUT2D eigenvalue weighted by molar-refractivity contribution is 0.0939. The topological polar surface area (TPSA) is 55.1 Å². The summed E-state index contributed by atoms with van der Waals surface area (Å²) in [6.07, 6.45) is 0.